The zero-order valence-corrected chi connectivity index (χ0v) is 11.8. The van der Waals surface area contributed by atoms with E-state index < -0.39 is 0 Å². The fourth-order valence-electron chi connectivity index (χ4n) is 2.25. The molecule has 0 saturated carbocycles. The fraction of sp³-hybridized carbons (Fsp3) is 0.357. The van der Waals surface area contributed by atoms with Crippen molar-refractivity contribution in [2.45, 2.75) is 26.9 Å². The Morgan fingerprint density at radius 3 is 2.70 bits per heavy atom. The molecular weight excluding hydrogens is 254 g/mol. The van der Waals surface area contributed by atoms with Crippen LogP contribution in [0, 0.1) is 13.8 Å². The summed E-state index contributed by atoms with van der Waals surface area (Å²) in [5.74, 6) is 0.992. The van der Waals surface area contributed by atoms with Gasteiger partial charge < -0.3 is 4.98 Å². The molecular formula is C14H17N5O. The van der Waals surface area contributed by atoms with Crippen molar-refractivity contribution in [3.63, 3.8) is 0 Å². The molecule has 1 aromatic carbocycles. The summed E-state index contributed by atoms with van der Waals surface area (Å²) < 4.78 is 4.71. The van der Waals surface area contributed by atoms with Crippen LogP contribution in [0.3, 0.4) is 0 Å². The van der Waals surface area contributed by atoms with Gasteiger partial charge in [-0.05, 0) is 48.9 Å². The van der Waals surface area contributed by atoms with Crippen molar-refractivity contribution in [1.29, 1.82) is 0 Å². The SMILES string of the molecule is Cc1nc(CN(C)Cc2ccc3nonc3c2)[nH]c1C. The quantitative estimate of drug-likeness (QED) is 0.787. The predicted molar refractivity (Wildman–Crippen MR) is 75.0 cm³/mol. The van der Waals surface area contributed by atoms with E-state index in [0.717, 1.165) is 41.3 Å². The van der Waals surface area contributed by atoms with E-state index in [1.807, 2.05) is 32.0 Å². The number of hydrogen-bond acceptors (Lipinski definition) is 5. The van der Waals surface area contributed by atoms with Crippen LogP contribution in [0.5, 0.6) is 0 Å². The number of aromatic amines is 1. The van der Waals surface area contributed by atoms with Gasteiger partial charge in [-0.15, -0.1) is 0 Å². The highest BCUT2D eigenvalue weighted by Gasteiger charge is 2.08. The minimum Gasteiger partial charge on any atom is -0.345 e. The van der Waals surface area contributed by atoms with E-state index in [9.17, 15) is 0 Å². The molecule has 0 fully saturated rings. The van der Waals surface area contributed by atoms with Gasteiger partial charge in [0.05, 0.1) is 12.2 Å². The maximum absolute atomic E-state index is 4.71. The fourth-order valence-corrected chi connectivity index (χ4v) is 2.25. The average molecular weight is 271 g/mol. The highest BCUT2D eigenvalue weighted by molar-refractivity contribution is 5.73. The molecule has 1 N–H and O–H groups in total. The number of H-pyrrole nitrogens is 1. The Balaban J connectivity index is 1.70. The second kappa shape index (κ2) is 5.05. The highest BCUT2D eigenvalue weighted by Crippen LogP contribution is 2.14. The van der Waals surface area contributed by atoms with Crippen molar-refractivity contribution in [3.05, 3.63) is 41.0 Å². The van der Waals surface area contributed by atoms with Gasteiger partial charge in [0.2, 0.25) is 0 Å². The van der Waals surface area contributed by atoms with Gasteiger partial charge in [0.15, 0.2) is 0 Å². The van der Waals surface area contributed by atoms with Crippen molar-refractivity contribution in [2.75, 3.05) is 7.05 Å². The summed E-state index contributed by atoms with van der Waals surface area (Å²) in [6.45, 7) is 5.66. The van der Waals surface area contributed by atoms with Crippen LogP contribution in [0.4, 0.5) is 0 Å². The van der Waals surface area contributed by atoms with Gasteiger partial charge in [-0.25, -0.2) is 9.61 Å². The largest absolute Gasteiger partial charge is 0.345 e. The lowest BCUT2D eigenvalue weighted by molar-refractivity contribution is 0.311. The number of benzene rings is 1. The van der Waals surface area contributed by atoms with Crippen LogP contribution in [0.25, 0.3) is 11.0 Å². The van der Waals surface area contributed by atoms with Gasteiger partial charge >= 0.3 is 0 Å². The molecule has 20 heavy (non-hydrogen) atoms. The number of hydrogen-bond donors (Lipinski definition) is 1. The van der Waals surface area contributed by atoms with Gasteiger partial charge in [-0.2, -0.15) is 0 Å². The van der Waals surface area contributed by atoms with Gasteiger partial charge in [0.1, 0.15) is 16.9 Å². The zero-order valence-electron chi connectivity index (χ0n) is 11.8. The van der Waals surface area contributed by atoms with Crippen molar-refractivity contribution >= 4 is 11.0 Å². The highest BCUT2D eigenvalue weighted by atomic mass is 16.6. The summed E-state index contributed by atoms with van der Waals surface area (Å²) in [4.78, 5) is 10.00. The molecule has 0 saturated heterocycles. The van der Waals surface area contributed by atoms with Crippen LogP contribution < -0.4 is 0 Å². The zero-order chi connectivity index (χ0) is 14.1. The third-order valence-corrected chi connectivity index (χ3v) is 3.37. The van der Waals surface area contributed by atoms with Crippen molar-refractivity contribution in [1.82, 2.24) is 25.2 Å². The molecule has 0 spiro atoms. The molecule has 0 radical (unpaired) electrons. The predicted octanol–water partition coefficient (Wildman–Crippen LogP) is 2.19. The van der Waals surface area contributed by atoms with E-state index in [1.54, 1.807) is 0 Å². The van der Waals surface area contributed by atoms with E-state index in [4.69, 9.17) is 4.63 Å². The topological polar surface area (TPSA) is 70.8 Å². The molecule has 2 aromatic heterocycles. The Bertz CT molecular complexity index is 711. The van der Waals surface area contributed by atoms with Crippen LogP contribution in [0.2, 0.25) is 0 Å². The third kappa shape index (κ3) is 2.55. The molecule has 0 amide bonds. The molecule has 0 aliphatic heterocycles. The van der Waals surface area contributed by atoms with Gasteiger partial charge in [0, 0.05) is 12.2 Å². The summed E-state index contributed by atoms with van der Waals surface area (Å²) >= 11 is 0. The minimum absolute atomic E-state index is 0.782. The van der Waals surface area contributed by atoms with E-state index in [-0.39, 0.29) is 0 Å². The van der Waals surface area contributed by atoms with Gasteiger partial charge in [0.25, 0.3) is 0 Å². The first-order chi connectivity index (χ1) is 9.61. The molecule has 3 rings (SSSR count). The Morgan fingerprint density at radius 1 is 1.15 bits per heavy atom. The second-order valence-electron chi connectivity index (χ2n) is 5.15. The van der Waals surface area contributed by atoms with Crippen molar-refractivity contribution in [2.24, 2.45) is 0 Å². The number of rotatable bonds is 4. The van der Waals surface area contributed by atoms with Gasteiger partial charge in [-0.1, -0.05) is 6.07 Å². The smallest absolute Gasteiger partial charge is 0.135 e. The number of nitrogens with one attached hydrogen (secondary N) is 1. The number of imidazole rings is 1. The first-order valence-corrected chi connectivity index (χ1v) is 6.53. The second-order valence-corrected chi connectivity index (χ2v) is 5.15. The maximum atomic E-state index is 4.71. The Hall–Kier alpha value is -2.21. The van der Waals surface area contributed by atoms with Crippen LogP contribution in [-0.2, 0) is 13.1 Å². The van der Waals surface area contributed by atoms with Crippen LogP contribution in [0.1, 0.15) is 22.8 Å². The molecule has 0 unspecified atom stereocenters. The third-order valence-electron chi connectivity index (χ3n) is 3.37. The Kier molecular flexibility index (Phi) is 3.23. The number of nitrogens with zero attached hydrogens (tertiary/aromatic N) is 4. The molecule has 104 valence electrons. The number of aryl methyl sites for hydroxylation is 2. The van der Waals surface area contributed by atoms with E-state index in [1.165, 1.54) is 5.56 Å². The first-order valence-electron chi connectivity index (χ1n) is 6.53. The van der Waals surface area contributed by atoms with E-state index in [0.29, 0.717) is 0 Å². The van der Waals surface area contributed by atoms with Crippen LogP contribution in [0.15, 0.2) is 22.8 Å². The monoisotopic (exact) mass is 271 g/mol. The number of fused-ring (bicyclic) bond motifs is 1. The summed E-state index contributed by atoms with van der Waals surface area (Å²) in [6, 6.07) is 5.97. The van der Waals surface area contributed by atoms with Crippen LogP contribution in [-0.4, -0.2) is 32.2 Å². The summed E-state index contributed by atoms with van der Waals surface area (Å²) in [6.07, 6.45) is 0. The maximum Gasteiger partial charge on any atom is 0.135 e. The Labute approximate surface area is 116 Å². The lowest BCUT2D eigenvalue weighted by Gasteiger charge is -2.15. The average Bonchev–Trinajstić information content (AvgIpc) is 2.96. The summed E-state index contributed by atoms with van der Waals surface area (Å²) in [5.41, 5.74) is 4.94. The minimum atomic E-state index is 0.782. The molecule has 0 atom stereocenters. The Morgan fingerprint density at radius 2 is 1.95 bits per heavy atom. The molecule has 0 bridgehead atoms. The van der Waals surface area contributed by atoms with Crippen molar-refractivity contribution in [3.8, 4) is 0 Å². The van der Waals surface area contributed by atoms with Gasteiger partial charge in [-0.3, -0.25) is 4.90 Å². The van der Waals surface area contributed by atoms with E-state index in [2.05, 4.69) is 32.2 Å². The van der Waals surface area contributed by atoms with E-state index >= 15 is 0 Å². The summed E-state index contributed by atoms with van der Waals surface area (Å²) in [7, 11) is 2.07. The molecule has 2 heterocycles. The molecule has 0 aliphatic rings. The summed E-state index contributed by atoms with van der Waals surface area (Å²) in [5, 5.41) is 7.67. The normalized spacial score (nSPS) is 11.6. The molecule has 6 heteroatoms. The number of aromatic nitrogens is 4. The molecule has 3 aromatic rings. The van der Waals surface area contributed by atoms with Crippen molar-refractivity contribution < 1.29 is 4.63 Å². The first kappa shape index (κ1) is 12.8. The lowest BCUT2D eigenvalue weighted by Crippen LogP contribution is -2.18. The molecule has 6 nitrogen and oxygen atoms in total. The van der Waals surface area contributed by atoms with Crippen LogP contribution >= 0.6 is 0 Å². The standard InChI is InChI=1S/C14H17N5O/c1-9-10(2)16-14(15-9)8-19(3)7-11-4-5-12-13(6-11)18-20-17-12/h4-6H,7-8H2,1-3H3,(H,15,16). The lowest BCUT2D eigenvalue weighted by atomic mass is 10.2. The molecule has 0 aliphatic carbocycles.